The van der Waals surface area contributed by atoms with Crippen molar-refractivity contribution < 1.29 is 25.2 Å². The van der Waals surface area contributed by atoms with E-state index in [1.165, 1.54) is 0 Å². The van der Waals surface area contributed by atoms with Crippen molar-refractivity contribution in [2.24, 2.45) is 5.92 Å². The van der Waals surface area contributed by atoms with Crippen molar-refractivity contribution in [2.45, 2.75) is 19.9 Å². The average Bonchev–Trinajstić information content (AvgIpc) is 2.21. The van der Waals surface area contributed by atoms with E-state index in [4.69, 9.17) is 5.11 Å². The van der Waals surface area contributed by atoms with Gasteiger partial charge in [0.05, 0.1) is 6.54 Å². The van der Waals surface area contributed by atoms with Crippen LogP contribution in [0.1, 0.15) is 13.8 Å². The third-order valence-corrected chi connectivity index (χ3v) is 1.92. The third-order valence-electron chi connectivity index (χ3n) is 1.92. The van der Waals surface area contributed by atoms with E-state index in [2.05, 4.69) is 16.4 Å². The van der Waals surface area contributed by atoms with Crippen LogP contribution in [-0.2, 0) is 14.4 Å². The quantitative estimate of drug-likeness (QED) is 0.406. The molecular weight excluding hydrogens is 214 g/mol. The first-order valence-corrected chi connectivity index (χ1v) is 4.96. The van der Waals surface area contributed by atoms with Crippen LogP contribution in [0.2, 0.25) is 0 Å². The lowest BCUT2D eigenvalue weighted by Crippen LogP contribution is -2.58. The van der Waals surface area contributed by atoms with Crippen molar-refractivity contribution in [1.29, 1.82) is 0 Å². The standard InChI is InChI=1S/C9H17N3O4/c1-5(2)8(9(15)16)12-7(14)4-11-6(13)3-10/h5,8H,3-4,10H2,1-2H3,(H,11,13)(H,12,14)(H,15,16)/p+1. The molecule has 2 amide bonds. The maximum Gasteiger partial charge on any atom is 0.326 e. The highest BCUT2D eigenvalue weighted by Gasteiger charge is 2.23. The number of quaternary nitrogens is 1. The molecule has 0 aromatic rings. The highest BCUT2D eigenvalue weighted by atomic mass is 16.4. The van der Waals surface area contributed by atoms with Crippen molar-refractivity contribution in [3.05, 3.63) is 0 Å². The van der Waals surface area contributed by atoms with E-state index < -0.39 is 17.9 Å². The molecule has 0 fully saturated rings. The Bertz CT molecular complexity index is 278. The molecule has 0 heterocycles. The largest absolute Gasteiger partial charge is 0.480 e. The lowest BCUT2D eigenvalue weighted by molar-refractivity contribution is -0.355. The predicted octanol–water partition coefficient (Wildman–Crippen LogP) is -2.43. The molecule has 0 bridgehead atoms. The number of hydrogen-bond acceptors (Lipinski definition) is 3. The zero-order chi connectivity index (χ0) is 12.7. The van der Waals surface area contributed by atoms with Crippen LogP contribution in [0.4, 0.5) is 0 Å². The van der Waals surface area contributed by atoms with Gasteiger partial charge in [-0.25, -0.2) is 4.79 Å². The van der Waals surface area contributed by atoms with Gasteiger partial charge in [0, 0.05) is 0 Å². The monoisotopic (exact) mass is 232 g/mol. The molecule has 0 aliphatic carbocycles. The molecule has 6 N–H and O–H groups in total. The van der Waals surface area contributed by atoms with Crippen LogP contribution >= 0.6 is 0 Å². The van der Waals surface area contributed by atoms with Crippen LogP contribution in [0, 0.1) is 5.92 Å². The van der Waals surface area contributed by atoms with Crippen LogP contribution in [-0.4, -0.2) is 42.0 Å². The maximum absolute atomic E-state index is 11.3. The second kappa shape index (κ2) is 6.78. The molecule has 1 unspecified atom stereocenters. The number of nitrogens with one attached hydrogen (secondary N) is 2. The Hall–Kier alpha value is -1.63. The van der Waals surface area contributed by atoms with Crippen molar-refractivity contribution in [1.82, 2.24) is 10.6 Å². The van der Waals surface area contributed by atoms with Gasteiger partial charge in [-0.15, -0.1) is 0 Å². The summed E-state index contributed by atoms with van der Waals surface area (Å²) in [6.45, 7) is 3.19. The van der Waals surface area contributed by atoms with Crippen LogP contribution in [0.15, 0.2) is 0 Å². The van der Waals surface area contributed by atoms with Gasteiger partial charge in [0.15, 0.2) is 6.54 Å². The average molecular weight is 232 g/mol. The van der Waals surface area contributed by atoms with Gasteiger partial charge in [0.25, 0.3) is 5.91 Å². The van der Waals surface area contributed by atoms with Crippen LogP contribution < -0.4 is 16.4 Å². The molecule has 1 atom stereocenters. The van der Waals surface area contributed by atoms with Crippen molar-refractivity contribution >= 4 is 17.8 Å². The summed E-state index contributed by atoms with van der Waals surface area (Å²) in [5.74, 6) is -2.19. The molecule has 0 saturated heterocycles. The Labute approximate surface area is 93.4 Å². The smallest absolute Gasteiger partial charge is 0.326 e. The topological polar surface area (TPSA) is 123 Å². The Morgan fingerprint density at radius 3 is 2.19 bits per heavy atom. The van der Waals surface area contributed by atoms with E-state index in [1.54, 1.807) is 13.8 Å². The van der Waals surface area contributed by atoms with Crippen molar-refractivity contribution in [2.75, 3.05) is 13.1 Å². The molecule has 0 spiro atoms. The number of carbonyl (C=O) groups excluding carboxylic acids is 2. The van der Waals surface area contributed by atoms with E-state index in [9.17, 15) is 14.4 Å². The van der Waals surface area contributed by atoms with Gasteiger partial charge in [-0.1, -0.05) is 13.8 Å². The fourth-order valence-electron chi connectivity index (χ4n) is 1.01. The Kier molecular flexibility index (Phi) is 6.09. The molecule has 0 aromatic heterocycles. The summed E-state index contributed by atoms with van der Waals surface area (Å²) in [5, 5.41) is 13.4. The fraction of sp³-hybridized carbons (Fsp3) is 0.667. The summed E-state index contributed by atoms with van der Waals surface area (Å²) in [6.07, 6.45) is 0. The molecule has 0 radical (unpaired) electrons. The summed E-state index contributed by atoms with van der Waals surface area (Å²) in [7, 11) is 0. The maximum atomic E-state index is 11.3. The first kappa shape index (κ1) is 14.4. The zero-order valence-electron chi connectivity index (χ0n) is 9.45. The van der Waals surface area contributed by atoms with Gasteiger partial charge in [0.1, 0.15) is 6.04 Å². The summed E-state index contributed by atoms with van der Waals surface area (Å²) < 4.78 is 0. The zero-order valence-corrected chi connectivity index (χ0v) is 9.45. The second-order valence-electron chi connectivity index (χ2n) is 3.65. The summed E-state index contributed by atoms with van der Waals surface area (Å²) in [5.41, 5.74) is 3.34. The van der Waals surface area contributed by atoms with Crippen LogP contribution in [0.5, 0.6) is 0 Å². The van der Waals surface area contributed by atoms with E-state index in [0.29, 0.717) is 0 Å². The molecule has 0 aliphatic heterocycles. The minimum absolute atomic E-state index is 0.0415. The first-order chi connectivity index (χ1) is 7.38. The molecule has 0 aliphatic rings. The normalized spacial score (nSPS) is 12.0. The van der Waals surface area contributed by atoms with Gasteiger partial charge in [-0.2, -0.15) is 0 Å². The summed E-state index contributed by atoms with van der Waals surface area (Å²) >= 11 is 0. The van der Waals surface area contributed by atoms with Gasteiger partial charge in [-0.05, 0) is 5.92 Å². The Morgan fingerprint density at radius 1 is 1.25 bits per heavy atom. The fourth-order valence-corrected chi connectivity index (χ4v) is 1.01. The SMILES string of the molecule is CC(C)C(NC(=O)CNC(=O)C[NH3+])C(=O)O. The number of carbonyl (C=O) groups is 3. The number of amides is 2. The van der Waals surface area contributed by atoms with Crippen molar-refractivity contribution in [3.63, 3.8) is 0 Å². The molecule has 92 valence electrons. The number of carboxylic acids is 1. The molecule has 7 nitrogen and oxygen atoms in total. The predicted molar refractivity (Wildman–Crippen MR) is 55.2 cm³/mol. The Morgan fingerprint density at radius 2 is 1.81 bits per heavy atom. The number of hydrogen-bond donors (Lipinski definition) is 4. The number of rotatable bonds is 6. The highest BCUT2D eigenvalue weighted by Crippen LogP contribution is 2.00. The third kappa shape index (κ3) is 5.30. The lowest BCUT2D eigenvalue weighted by Gasteiger charge is -2.17. The first-order valence-electron chi connectivity index (χ1n) is 4.96. The minimum Gasteiger partial charge on any atom is -0.480 e. The van der Waals surface area contributed by atoms with E-state index in [1.807, 2.05) is 0 Å². The number of aliphatic carboxylic acids is 1. The molecule has 16 heavy (non-hydrogen) atoms. The Balaban J connectivity index is 4.11. The minimum atomic E-state index is -1.09. The summed E-state index contributed by atoms with van der Waals surface area (Å²) in [6, 6.07) is -0.941. The number of carboxylic acid groups (broad SMARTS) is 1. The molecule has 0 rings (SSSR count). The van der Waals surface area contributed by atoms with Crippen molar-refractivity contribution in [3.8, 4) is 0 Å². The summed E-state index contributed by atoms with van der Waals surface area (Å²) in [4.78, 5) is 32.8. The van der Waals surface area contributed by atoms with Gasteiger partial charge in [-0.3, -0.25) is 9.59 Å². The van der Waals surface area contributed by atoms with Gasteiger partial charge < -0.3 is 21.5 Å². The van der Waals surface area contributed by atoms with Gasteiger partial charge in [0.2, 0.25) is 5.91 Å². The van der Waals surface area contributed by atoms with Crippen LogP contribution in [0.25, 0.3) is 0 Å². The molecule has 0 saturated carbocycles. The lowest BCUT2D eigenvalue weighted by atomic mass is 10.1. The van der Waals surface area contributed by atoms with Crippen LogP contribution in [0.3, 0.4) is 0 Å². The molecule has 7 heteroatoms. The van der Waals surface area contributed by atoms with E-state index in [-0.39, 0.29) is 24.9 Å². The van der Waals surface area contributed by atoms with Gasteiger partial charge >= 0.3 is 5.97 Å². The van der Waals surface area contributed by atoms with E-state index in [0.717, 1.165) is 0 Å². The highest BCUT2D eigenvalue weighted by molar-refractivity contribution is 5.88. The second-order valence-corrected chi connectivity index (χ2v) is 3.65. The molecule has 0 aromatic carbocycles. The molecular formula is C9H18N3O4+. The van der Waals surface area contributed by atoms with E-state index >= 15 is 0 Å².